The van der Waals surface area contributed by atoms with Crippen LogP contribution in [0.25, 0.3) is 0 Å². The molecule has 1 aliphatic rings. The Bertz CT molecular complexity index is 655. The molecule has 1 unspecified atom stereocenters. The van der Waals surface area contributed by atoms with Gasteiger partial charge in [0, 0.05) is 12.1 Å². The van der Waals surface area contributed by atoms with Crippen molar-refractivity contribution in [1.29, 1.82) is 0 Å². The third-order valence-corrected chi connectivity index (χ3v) is 4.46. The number of nitrogens with zero attached hydrogens (tertiary/aromatic N) is 2. The van der Waals surface area contributed by atoms with Crippen molar-refractivity contribution in [2.24, 2.45) is 0 Å². The minimum Gasteiger partial charge on any atom is -0.360 e. The fourth-order valence-corrected chi connectivity index (χ4v) is 3.25. The summed E-state index contributed by atoms with van der Waals surface area (Å²) in [6, 6.07) is 5.26. The summed E-state index contributed by atoms with van der Waals surface area (Å²) in [6.07, 6.45) is -0.189. The van der Waals surface area contributed by atoms with Crippen molar-refractivity contribution < 1.29 is 4.79 Å². The third kappa shape index (κ3) is 1.99. The molecular formula is C13H12ClN3OS. The Labute approximate surface area is 120 Å². The number of rotatable bonds is 1. The number of fused-ring (bicyclic) bond motifs is 1. The minimum absolute atomic E-state index is 0.0109. The lowest BCUT2D eigenvalue weighted by molar-refractivity contribution is 0.0737. The molecule has 4 nitrogen and oxygen atoms in total. The van der Waals surface area contributed by atoms with Crippen molar-refractivity contribution in [1.82, 2.24) is 9.88 Å². The van der Waals surface area contributed by atoms with Gasteiger partial charge in [-0.25, -0.2) is 4.98 Å². The maximum Gasteiger partial charge on any atom is 0.257 e. The smallest absolute Gasteiger partial charge is 0.257 e. The highest BCUT2D eigenvalue weighted by Crippen LogP contribution is 2.35. The molecular weight excluding hydrogens is 282 g/mol. The van der Waals surface area contributed by atoms with Gasteiger partial charge in [-0.2, -0.15) is 0 Å². The van der Waals surface area contributed by atoms with Gasteiger partial charge in [0.1, 0.15) is 6.17 Å². The Kier molecular flexibility index (Phi) is 2.95. The Morgan fingerprint density at radius 1 is 1.47 bits per heavy atom. The second-order valence-electron chi connectivity index (χ2n) is 4.45. The van der Waals surface area contributed by atoms with Crippen LogP contribution in [0.15, 0.2) is 23.7 Å². The molecule has 1 aliphatic heterocycles. The minimum atomic E-state index is -0.189. The Morgan fingerprint density at radius 3 is 2.95 bits per heavy atom. The highest BCUT2D eigenvalue weighted by atomic mass is 35.5. The average molecular weight is 294 g/mol. The number of aromatic nitrogens is 1. The lowest BCUT2D eigenvalue weighted by atomic mass is 10.1. The van der Waals surface area contributed by atoms with E-state index in [0.717, 1.165) is 16.3 Å². The zero-order chi connectivity index (χ0) is 13.6. The highest BCUT2D eigenvalue weighted by Gasteiger charge is 2.32. The van der Waals surface area contributed by atoms with Gasteiger partial charge in [-0.15, -0.1) is 11.3 Å². The number of thiazole rings is 1. The maximum absolute atomic E-state index is 12.4. The first kappa shape index (κ1) is 12.4. The number of hydrogen-bond donors (Lipinski definition) is 1. The number of carbonyl (C=O) groups excluding carboxylic acids is 1. The molecule has 1 amide bonds. The van der Waals surface area contributed by atoms with Gasteiger partial charge >= 0.3 is 0 Å². The third-order valence-electron chi connectivity index (χ3n) is 3.24. The zero-order valence-electron chi connectivity index (χ0n) is 10.5. The molecule has 0 fully saturated rings. The topological polar surface area (TPSA) is 45.2 Å². The number of halogens is 1. The Morgan fingerprint density at radius 2 is 2.26 bits per heavy atom. The van der Waals surface area contributed by atoms with E-state index in [2.05, 4.69) is 10.3 Å². The van der Waals surface area contributed by atoms with Gasteiger partial charge in [0.15, 0.2) is 0 Å². The number of anilines is 1. The molecule has 0 aliphatic carbocycles. The molecule has 2 heterocycles. The van der Waals surface area contributed by atoms with Crippen LogP contribution < -0.4 is 5.32 Å². The first-order chi connectivity index (χ1) is 9.08. The second-order valence-corrected chi connectivity index (χ2v) is 5.78. The van der Waals surface area contributed by atoms with Gasteiger partial charge in [-0.3, -0.25) is 4.79 Å². The van der Waals surface area contributed by atoms with Gasteiger partial charge in [0.25, 0.3) is 5.91 Å². The fourth-order valence-electron chi connectivity index (χ4n) is 2.19. The summed E-state index contributed by atoms with van der Waals surface area (Å²) in [5.41, 5.74) is 4.14. The summed E-state index contributed by atoms with van der Waals surface area (Å²) in [4.78, 5) is 19.3. The molecule has 1 aromatic carbocycles. The van der Waals surface area contributed by atoms with Crippen molar-refractivity contribution in [2.45, 2.75) is 13.1 Å². The van der Waals surface area contributed by atoms with Crippen LogP contribution in [0.4, 0.5) is 5.69 Å². The van der Waals surface area contributed by atoms with E-state index < -0.39 is 0 Å². The normalized spacial score (nSPS) is 18.2. The largest absolute Gasteiger partial charge is 0.360 e. The molecule has 98 valence electrons. The first-order valence-corrected chi connectivity index (χ1v) is 7.07. The summed E-state index contributed by atoms with van der Waals surface area (Å²) in [7, 11) is 1.79. The van der Waals surface area contributed by atoms with E-state index in [1.807, 2.05) is 6.92 Å². The van der Waals surface area contributed by atoms with Gasteiger partial charge < -0.3 is 10.2 Å². The summed E-state index contributed by atoms with van der Waals surface area (Å²) in [6.45, 7) is 1.94. The Balaban J connectivity index is 2.07. The highest BCUT2D eigenvalue weighted by molar-refractivity contribution is 7.09. The van der Waals surface area contributed by atoms with Crippen LogP contribution in [0.5, 0.6) is 0 Å². The molecule has 1 N–H and O–H groups in total. The van der Waals surface area contributed by atoms with E-state index in [-0.39, 0.29) is 12.1 Å². The molecule has 19 heavy (non-hydrogen) atoms. The van der Waals surface area contributed by atoms with E-state index in [4.69, 9.17) is 11.6 Å². The van der Waals surface area contributed by atoms with E-state index >= 15 is 0 Å². The molecule has 6 heteroatoms. The monoisotopic (exact) mass is 293 g/mol. The van der Waals surface area contributed by atoms with Crippen molar-refractivity contribution in [3.8, 4) is 0 Å². The number of nitrogens with one attached hydrogen (secondary N) is 1. The molecule has 1 aromatic heterocycles. The van der Waals surface area contributed by atoms with Crippen LogP contribution >= 0.6 is 22.9 Å². The van der Waals surface area contributed by atoms with Crippen molar-refractivity contribution >= 4 is 34.5 Å². The summed E-state index contributed by atoms with van der Waals surface area (Å²) in [5.74, 6) is -0.0109. The van der Waals surface area contributed by atoms with Crippen LogP contribution in [0.1, 0.15) is 27.1 Å². The quantitative estimate of drug-likeness (QED) is 0.877. The van der Waals surface area contributed by atoms with Crippen LogP contribution in [-0.2, 0) is 0 Å². The maximum atomic E-state index is 12.4. The van der Waals surface area contributed by atoms with E-state index in [1.165, 1.54) is 0 Å². The predicted octanol–water partition coefficient (Wildman–Crippen LogP) is 3.30. The van der Waals surface area contributed by atoms with Gasteiger partial charge in [0.05, 0.1) is 27.3 Å². The average Bonchev–Trinajstić information content (AvgIpc) is 2.80. The molecule has 2 aromatic rings. The molecule has 0 spiro atoms. The summed E-state index contributed by atoms with van der Waals surface area (Å²) in [5, 5.41) is 3.97. The standard InChI is InChI=1S/C13H12ClN3OS/c1-7-11(19-6-15-7)12-16-10-5-8(14)3-4-9(10)13(18)17(12)2/h3-6,12,16H,1-2H3. The van der Waals surface area contributed by atoms with Crippen LogP contribution in [-0.4, -0.2) is 22.8 Å². The van der Waals surface area contributed by atoms with Gasteiger partial charge in [-0.1, -0.05) is 11.6 Å². The summed E-state index contributed by atoms with van der Waals surface area (Å²) < 4.78 is 0. The SMILES string of the molecule is Cc1ncsc1C1Nc2cc(Cl)ccc2C(=O)N1C. The van der Waals surface area contributed by atoms with Gasteiger partial charge in [0.2, 0.25) is 0 Å². The van der Waals surface area contributed by atoms with Crippen molar-refractivity contribution in [3.63, 3.8) is 0 Å². The van der Waals surface area contributed by atoms with Crippen molar-refractivity contribution in [2.75, 3.05) is 12.4 Å². The number of benzene rings is 1. The number of carbonyl (C=O) groups is 1. The van der Waals surface area contributed by atoms with Crippen molar-refractivity contribution in [3.05, 3.63) is 44.9 Å². The molecule has 0 bridgehead atoms. The van der Waals surface area contributed by atoms with Crippen LogP contribution in [0.3, 0.4) is 0 Å². The molecule has 1 atom stereocenters. The molecule has 0 saturated carbocycles. The number of hydrogen-bond acceptors (Lipinski definition) is 4. The lowest BCUT2D eigenvalue weighted by Gasteiger charge is -2.35. The first-order valence-electron chi connectivity index (χ1n) is 5.81. The Hall–Kier alpha value is -1.59. The van der Waals surface area contributed by atoms with Crippen LogP contribution in [0.2, 0.25) is 5.02 Å². The second kappa shape index (κ2) is 4.51. The van der Waals surface area contributed by atoms with Crippen LogP contribution in [0, 0.1) is 6.92 Å². The summed E-state index contributed by atoms with van der Waals surface area (Å²) >= 11 is 7.53. The van der Waals surface area contributed by atoms with E-state index in [9.17, 15) is 4.79 Å². The molecule has 3 rings (SSSR count). The fraction of sp³-hybridized carbons (Fsp3) is 0.231. The number of amides is 1. The van der Waals surface area contributed by atoms with Gasteiger partial charge in [-0.05, 0) is 25.1 Å². The predicted molar refractivity (Wildman–Crippen MR) is 76.8 cm³/mol. The zero-order valence-corrected chi connectivity index (χ0v) is 12.0. The van der Waals surface area contributed by atoms with E-state index in [0.29, 0.717) is 10.6 Å². The lowest BCUT2D eigenvalue weighted by Crippen LogP contribution is -2.40. The molecule has 0 saturated heterocycles. The van der Waals surface area contributed by atoms with E-state index in [1.54, 1.807) is 47.0 Å². The number of aryl methyl sites for hydroxylation is 1. The molecule has 0 radical (unpaired) electrons.